The Balaban J connectivity index is 2.02. The average Bonchev–Trinajstić information content (AvgIpc) is 2.93. The first kappa shape index (κ1) is 17.4. The molecule has 0 amide bonds. The number of fused-ring (bicyclic) bond motifs is 1. The number of nitro benzene ring substituents is 1. The van der Waals surface area contributed by atoms with Crippen molar-refractivity contribution in [3.05, 3.63) is 56.8 Å². The fraction of sp³-hybridized carbons (Fsp3) is 0.133. The Kier molecular flexibility index (Phi) is 5.00. The molecule has 128 valence electrons. The molecule has 10 heteroatoms. The van der Waals surface area contributed by atoms with Crippen molar-refractivity contribution in [3.8, 4) is 0 Å². The van der Waals surface area contributed by atoms with E-state index in [0.717, 1.165) is 22.7 Å². The number of non-ortho nitro benzene ring substituents is 1. The number of hydrogen-bond acceptors (Lipinski definition) is 6. The number of carboxylic acid groups (broad SMARTS) is 1. The van der Waals surface area contributed by atoms with Crippen molar-refractivity contribution in [2.75, 3.05) is 5.75 Å². The van der Waals surface area contributed by atoms with Gasteiger partial charge in [-0.2, -0.15) is 0 Å². The van der Waals surface area contributed by atoms with Crippen molar-refractivity contribution in [2.45, 2.75) is 11.7 Å². The minimum atomic E-state index is -0.948. The lowest BCUT2D eigenvalue weighted by molar-refractivity contribution is -0.383. The average molecular weight is 423 g/mol. The minimum Gasteiger partial charge on any atom is -0.481 e. The predicted molar refractivity (Wildman–Crippen MR) is 95.8 cm³/mol. The van der Waals surface area contributed by atoms with E-state index in [0.29, 0.717) is 21.8 Å². The molecule has 3 aromatic rings. The Labute approximate surface area is 154 Å². The number of carbonyl (C=O) groups is 1. The molecule has 0 atom stereocenters. The van der Waals surface area contributed by atoms with Crippen LogP contribution in [0, 0.1) is 10.1 Å². The van der Waals surface area contributed by atoms with Crippen LogP contribution in [0.4, 0.5) is 5.69 Å². The molecule has 25 heavy (non-hydrogen) atoms. The van der Waals surface area contributed by atoms with Crippen molar-refractivity contribution in [1.82, 2.24) is 14.8 Å². The third-order valence-electron chi connectivity index (χ3n) is 3.51. The van der Waals surface area contributed by atoms with Crippen molar-refractivity contribution in [3.63, 3.8) is 0 Å². The molecule has 1 heterocycles. The van der Waals surface area contributed by atoms with Gasteiger partial charge in [0.25, 0.3) is 5.69 Å². The van der Waals surface area contributed by atoms with Gasteiger partial charge in [0.1, 0.15) is 0 Å². The quantitative estimate of drug-likeness (QED) is 0.368. The first-order valence-corrected chi connectivity index (χ1v) is 8.83. The Morgan fingerprint density at radius 2 is 1.96 bits per heavy atom. The van der Waals surface area contributed by atoms with E-state index in [1.165, 1.54) is 6.07 Å². The van der Waals surface area contributed by atoms with E-state index in [9.17, 15) is 14.9 Å². The lowest BCUT2D eigenvalue weighted by Crippen LogP contribution is -2.05. The van der Waals surface area contributed by atoms with E-state index in [2.05, 4.69) is 26.1 Å². The lowest BCUT2D eigenvalue weighted by atomic mass is 10.0. The maximum atomic E-state index is 11.2. The standard InChI is InChI=1S/C15H11BrN4O4S/c16-14-17-18-15(25-8-13(21)22)19(14)7-9-5-6-12(20(23)24)11-4-2-1-3-10(9)11/h1-6H,7-8H2,(H,21,22). The number of nitrogens with zero attached hydrogens (tertiary/aromatic N) is 4. The molecule has 0 saturated carbocycles. The van der Waals surface area contributed by atoms with E-state index >= 15 is 0 Å². The normalized spacial score (nSPS) is 10.9. The van der Waals surface area contributed by atoms with Gasteiger partial charge in [0, 0.05) is 6.07 Å². The van der Waals surface area contributed by atoms with Gasteiger partial charge in [-0.1, -0.05) is 30.0 Å². The summed E-state index contributed by atoms with van der Waals surface area (Å²) < 4.78 is 2.18. The number of thioether (sulfide) groups is 1. The van der Waals surface area contributed by atoms with Gasteiger partial charge in [-0.05, 0) is 39.0 Å². The number of halogens is 1. The Morgan fingerprint density at radius 3 is 2.64 bits per heavy atom. The molecule has 0 aliphatic heterocycles. The van der Waals surface area contributed by atoms with Gasteiger partial charge in [0.05, 0.1) is 22.6 Å². The van der Waals surface area contributed by atoms with Gasteiger partial charge >= 0.3 is 5.97 Å². The molecule has 0 unspecified atom stereocenters. The predicted octanol–water partition coefficient (Wildman–Crippen LogP) is 3.33. The van der Waals surface area contributed by atoms with Crippen molar-refractivity contribution >= 4 is 50.1 Å². The zero-order chi connectivity index (χ0) is 18.0. The monoisotopic (exact) mass is 422 g/mol. The number of nitro groups is 1. The van der Waals surface area contributed by atoms with E-state index < -0.39 is 10.9 Å². The van der Waals surface area contributed by atoms with Gasteiger partial charge in [-0.15, -0.1) is 10.2 Å². The second-order valence-electron chi connectivity index (χ2n) is 5.07. The highest BCUT2D eigenvalue weighted by Crippen LogP contribution is 2.30. The van der Waals surface area contributed by atoms with Crippen molar-refractivity contribution < 1.29 is 14.8 Å². The molecule has 0 spiro atoms. The van der Waals surface area contributed by atoms with Crippen LogP contribution in [0.2, 0.25) is 0 Å². The molecule has 0 bridgehead atoms. The van der Waals surface area contributed by atoms with E-state index in [1.807, 2.05) is 12.1 Å². The van der Waals surface area contributed by atoms with Crippen LogP contribution in [0.5, 0.6) is 0 Å². The minimum absolute atomic E-state index is 0.0441. The molecule has 0 fully saturated rings. The second-order valence-corrected chi connectivity index (χ2v) is 6.72. The first-order valence-electron chi connectivity index (χ1n) is 7.05. The number of benzene rings is 2. The summed E-state index contributed by atoms with van der Waals surface area (Å²) in [5.41, 5.74) is 0.890. The number of rotatable bonds is 6. The summed E-state index contributed by atoms with van der Waals surface area (Å²) >= 11 is 4.36. The molecule has 1 N–H and O–H groups in total. The molecule has 1 aromatic heterocycles. The van der Waals surface area contributed by atoms with Crippen LogP contribution in [0.25, 0.3) is 10.8 Å². The molecule has 8 nitrogen and oxygen atoms in total. The maximum Gasteiger partial charge on any atom is 0.313 e. The van der Waals surface area contributed by atoms with Crippen LogP contribution in [0.3, 0.4) is 0 Å². The molecule has 0 radical (unpaired) electrons. The number of aromatic nitrogens is 3. The summed E-state index contributed by atoms with van der Waals surface area (Å²) in [6.07, 6.45) is 0. The summed E-state index contributed by atoms with van der Waals surface area (Å²) in [4.78, 5) is 21.6. The Bertz CT molecular complexity index is 975. The van der Waals surface area contributed by atoms with Gasteiger partial charge in [-0.25, -0.2) is 0 Å². The van der Waals surface area contributed by atoms with Gasteiger partial charge in [0.15, 0.2) is 5.16 Å². The summed E-state index contributed by atoms with van der Waals surface area (Å²) in [5, 5.41) is 29.7. The summed E-state index contributed by atoms with van der Waals surface area (Å²) in [5.74, 6) is -1.08. The fourth-order valence-corrected chi connectivity index (χ4v) is 3.60. The summed E-state index contributed by atoms with van der Waals surface area (Å²) in [6.45, 7) is 0.355. The van der Waals surface area contributed by atoms with Crippen LogP contribution in [-0.2, 0) is 11.3 Å². The van der Waals surface area contributed by atoms with Gasteiger partial charge in [0.2, 0.25) is 4.73 Å². The topological polar surface area (TPSA) is 111 Å². The highest BCUT2D eigenvalue weighted by molar-refractivity contribution is 9.10. The highest BCUT2D eigenvalue weighted by atomic mass is 79.9. The van der Waals surface area contributed by atoms with Crippen LogP contribution < -0.4 is 0 Å². The SMILES string of the molecule is O=C(O)CSc1nnc(Br)n1Cc1ccc([N+](=O)[O-])c2ccccc12. The maximum absolute atomic E-state index is 11.2. The van der Waals surface area contributed by atoms with Crippen LogP contribution in [-0.4, -0.2) is 36.5 Å². The molecule has 0 aliphatic rings. The molecule has 0 saturated heterocycles. The Hall–Kier alpha value is -2.46. The summed E-state index contributed by atoms with van der Waals surface area (Å²) in [6, 6.07) is 10.3. The third-order valence-corrected chi connectivity index (χ3v) is 5.05. The summed E-state index contributed by atoms with van der Waals surface area (Å²) in [7, 11) is 0. The highest BCUT2D eigenvalue weighted by Gasteiger charge is 2.17. The van der Waals surface area contributed by atoms with E-state index in [-0.39, 0.29) is 11.4 Å². The second kappa shape index (κ2) is 7.19. The van der Waals surface area contributed by atoms with Gasteiger partial charge < -0.3 is 5.11 Å². The van der Waals surface area contributed by atoms with Crippen molar-refractivity contribution in [2.24, 2.45) is 0 Å². The van der Waals surface area contributed by atoms with Gasteiger partial charge in [-0.3, -0.25) is 19.5 Å². The third kappa shape index (κ3) is 3.64. The molecular weight excluding hydrogens is 412 g/mol. The molecular formula is C15H11BrN4O4S. The van der Waals surface area contributed by atoms with Crippen molar-refractivity contribution in [1.29, 1.82) is 0 Å². The van der Waals surface area contributed by atoms with E-state index in [1.54, 1.807) is 22.8 Å². The van der Waals surface area contributed by atoms with Crippen LogP contribution >= 0.6 is 27.7 Å². The zero-order valence-electron chi connectivity index (χ0n) is 12.6. The first-order chi connectivity index (χ1) is 12.0. The Morgan fingerprint density at radius 1 is 1.24 bits per heavy atom. The van der Waals surface area contributed by atoms with Crippen LogP contribution in [0.15, 0.2) is 46.3 Å². The number of aliphatic carboxylic acids is 1. The lowest BCUT2D eigenvalue weighted by Gasteiger charge is -2.10. The largest absolute Gasteiger partial charge is 0.481 e. The molecule has 2 aromatic carbocycles. The fourth-order valence-electron chi connectivity index (χ4n) is 2.45. The van der Waals surface area contributed by atoms with Crippen LogP contribution in [0.1, 0.15) is 5.56 Å². The number of hydrogen-bond donors (Lipinski definition) is 1. The number of carboxylic acids is 1. The van der Waals surface area contributed by atoms with E-state index in [4.69, 9.17) is 5.11 Å². The zero-order valence-corrected chi connectivity index (χ0v) is 15.0. The molecule has 3 rings (SSSR count). The molecule has 0 aliphatic carbocycles. The smallest absolute Gasteiger partial charge is 0.313 e.